The van der Waals surface area contributed by atoms with E-state index in [0.717, 1.165) is 29.1 Å². The maximum Gasteiger partial charge on any atom is 0.247 e. The smallest absolute Gasteiger partial charge is 0.247 e. The number of thiophene rings is 1. The van der Waals surface area contributed by atoms with E-state index >= 15 is 0 Å². The van der Waals surface area contributed by atoms with Crippen LogP contribution in [-0.2, 0) is 4.79 Å². The molecule has 3 nitrogen and oxygen atoms in total. The first-order valence-corrected chi connectivity index (χ1v) is 7.92. The molecule has 1 atom stereocenters. The van der Waals surface area contributed by atoms with E-state index in [1.807, 2.05) is 36.6 Å². The Morgan fingerprint density at radius 2 is 1.95 bits per heavy atom. The van der Waals surface area contributed by atoms with Crippen molar-refractivity contribution in [1.29, 1.82) is 0 Å². The van der Waals surface area contributed by atoms with E-state index < -0.39 is 0 Å². The molecule has 1 aliphatic heterocycles. The van der Waals surface area contributed by atoms with Crippen LogP contribution in [-0.4, -0.2) is 19.0 Å². The van der Waals surface area contributed by atoms with Crippen molar-refractivity contribution in [3.05, 3.63) is 69.4 Å². The molecule has 3 rings (SSSR count). The largest absolute Gasteiger partial charge is 0.341 e. The van der Waals surface area contributed by atoms with Gasteiger partial charge in [0.05, 0.1) is 6.04 Å². The highest BCUT2D eigenvalue weighted by atomic mass is 32.1. The molecule has 21 heavy (non-hydrogen) atoms. The number of hydrogen-bond donors (Lipinski definition) is 2. The minimum absolute atomic E-state index is 0.0220. The molecule has 1 aliphatic rings. The SMILES string of the molecule is CC(C(=O)NC(c1ccccc1)c1cccs1)=C1CNC1. The lowest BCUT2D eigenvalue weighted by atomic mass is 10.0. The Morgan fingerprint density at radius 1 is 1.19 bits per heavy atom. The van der Waals surface area contributed by atoms with Gasteiger partial charge >= 0.3 is 0 Å². The second-order valence-electron chi connectivity index (χ2n) is 5.16. The third kappa shape index (κ3) is 3.06. The summed E-state index contributed by atoms with van der Waals surface area (Å²) in [5, 5.41) is 8.38. The van der Waals surface area contributed by atoms with E-state index in [2.05, 4.69) is 28.8 Å². The molecule has 0 saturated carbocycles. The minimum atomic E-state index is -0.0812. The van der Waals surface area contributed by atoms with E-state index in [1.54, 1.807) is 11.3 Å². The van der Waals surface area contributed by atoms with Crippen LogP contribution in [0, 0.1) is 0 Å². The van der Waals surface area contributed by atoms with Crippen LogP contribution in [0.4, 0.5) is 0 Å². The van der Waals surface area contributed by atoms with Gasteiger partial charge in [0.1, 0.15) is 0 Å². The molecule has 1 amide bonds. The van der Waals surface area contributed by atoms with Gasteiger partial charge in [-0.2, -0.15) is 0 Å². The molecular formula is C17H18N2OS. The molecule has 0 radical (unpaired) electrons. The molecular weight excluding hydrogens is 280 g/mol. The summed E-state index contributed by atoms with van der Waals surface area (Å²) in [4.78, 5) is 13.6. The molecule has 0 spiro atoms. The van der Waals surface area contributed by atoms with Crippen molar-refractivity contribution in [3.8, 4) is 0 Å². The first-order valence-electron chi connectivity index (χ1n) is 7.04. The first-order chi connectivity index (χ1) is 10.3. The minimum Gasteiger partial charge on any atom is -0.341 e. The molecule has 1 unspecified atom stereocenters. The Morgan fingerprint density at radius 3 is 2.52 bits per heavy atom. The van der Waals surface area contributed by atoms with Crippen molar-refractivity contribution in [2.45, 2.75) is 13.0 Å². The second-order valence-corrected chi connectivity index (χ2v) is 6.14. The van der Waals surface area contributed by atoms with E-state index in [-0.39, 0.29) is 11.9 Å². The van der Waals surface area contributed by atoms with Crippen molar-refractivity contribution < 1.29 is 4.79 Å². The molecule has 0 bridgehead atoms. The maximum atomic E-state index is 12.5. The third-order valence-corrected chi connectivity index (χ3v) is 4.72. The van der Waals surface area contributed by atoms with Crippen molar-refractivity contribution in [1.82, 2.24) is 10.6 Å². The number of amides is 1. The first kappa shape index (κ1) is 14.0. The standard InChI is InChI=1S/C17H18N2OS/c1-12(14-10-18-11-14)17(20)19-16(15-8-5-9-21-15)13-6-3-2-4-7-13/h2-9,16,18H,10-11H2,1H3,(H,19,20). The van der Waals surface area contributed by atoms with Gasteiger partial charge in [0.2, 0.25) is 5.91 Å². The fraction of sp³-hybridized carbons (Fsp3) is 0.235. The summed E-state index contributed by atoms with van der Waals surface area (Å²) >= 11 is 1.66. The lowest BCUT2D eigenvalue weighted by molar-refractivity contribution is -0.118. The van der Waals surface area contributed by atoms with Crippen LogP contribution in [0.1, 0.15) is 23.4 Å². The van der Waals surface area contributed by atoms with Crippen LogP contribution < -0.4 is 10.6 Å². The average molecular weight is 298 g/mol. The second kappa shape index (κ2) is 6.24. The van der Waals surface area contributed by atoms with Crippen LogP contribution in [0.15, 0.2) is 59.0 Å². The molecule has 1 saturated heterocycles. The Kier molecular flexibility index (Phi) is 4.18. The molecule has 1 fully saturated rings. The van der Waals surface area contributed by atoms with E-state index in [0.29, 0.717) is 0 Å². The summed E-state index contributed by atoms with van der Waals surface area (Å²) in [6.45, 7) is 3.56. The molecule has 108 valence electrons. The Balaban J connectivity index is 1.85. The van der Waals surface area contributed by atoms with E-state index in [1.165, 1.54) is 5.57 Å². The van der Waals surface area contributed by atoms with Gasteiger partial charge in [0.25, 0.3) is 0 Å². The Bertz CT molecular complexity index is 641. The van der Waals surface area contributed by atoms with Crippen molar-refractivity contribution in [3.63, 3.8) is 0 Å². The van der Waals surface area contributed by atoms with Gasteiger partial charge in [-0.1, -0.05) is 36.4 Å². The van der Waals surface area contributed by atoms with Gasteiger partial charge in [0.15, 0.2) is 0 Å². The molecule has 4 heteroatoms. The van der Waals surface area contributed by atoms with Gasteiger partial charge in [0, 0.05) is 23.5 Å². The van der Waals surface area contributed by atoms with E-state index in [4.69, 9.17) is 0 Å². The van der Waals surface area contributed by atoms with Gasteiger partial charge in [-0.3, -0.25) is 4.79 Å². The lowest BCUT2D eigenvalue weighted by Crippen LogP contribution is -2.38. The Hall–Kier alpha value is -1.91. The normalized spacial score (nSPS) is 15.2. The number of carbonyl (C=O) groups is 1. The highest BCUT2D eigenvalue weighted by Gasteiger charge is 2.21. The highest BCUT2D eigenvalue weighted by molar-refractivity contribution is 7.10. The van der Waals surface area contributed by atoms with Crippen LogP contribution in [0.3, 0.4) is 0 Å². The van der Waals surface area contributed by atoms with Gasteiger partial charge in [-0.05, 0) is 29.5 Å². The lowest BCUT2D eigenvalue weighted by Gasteiger charge is -2.23. The zero-order chi connectivity index (χ0) is 14.7. The van der Waals surface area contributed by atoms with Crippen molar-refractivity contribution in [2.75, 3.05) is 13.1 Å². The Labute approximate surface area is 128 Å². The fourth-order valence-electron chi connectivity index (χ4n) is 2.33. The summed E-state index contributed by atoms with van der Waals surface area (Å²) in [6, 6.07) is 14.1. The van der Waals surface area contributed by atoms with Gasteiger partial charge in [-0.25, -0.2) is 0 Å². The highest BCUT2D eigenvalue weighted by Crippen LogP contribution is 2.26. The van der Waals surface area contributed by atoms with Crippen LogP contribution >= 0.6 is 11.3 Å². The number of carbonyl (C=O) groups excluding carboxylic acids is 1. The molecule has 1 aromatic carbocycles. The summed E-state index contributed by atoms with van der Waals surface area (Å²) < 4.78 is 0. The number of nitrogens with one attached hydrogen (secondary N) is 2. The van der Waals surface area contributed by atoms with Crippen LogP contribution in [0.2, 0.25) is 0 Å². The monoisotopic (exact) mass is 298 g/mol. The van der Waals surface area contributed by atoms with Crippen molar-refractivity contribution >= 4 is 17.2 Å². The maximum absolute atomic E-state index is 12.5. The summed E-state index contributed by atoms with van der Waals surface area (Å²) in [7, 11) is 0. The number of benzene rings is 1. The number of hydrogen-bond acceptors (Lipinski definition) is 3. The zero-order valence-corrected chi connectivity index (χ0v) is 12.7. The van der Waals surface area contributed by atoms with E-state index in [9.17, 15) is 4.79 Å². The topological polar surface area (TPSA) is 41.1 Å². The summed E-state index contributed by atoms with van der Waals surface area (Å²) in [5.74, 6) is 0.0220. The predicted molar refractivity (Wildman–Crippen MR) is 86.3 cm³/mol. The predicted octanol–water partition coefficient (Wildman–Crippen LogP) is 2.87. The van der Waals surface area contributed by atoms with Crippen LogP contribution in [0.5, 0.6) is 0 Å². The van der Waals surface area contributed by atoms with Crippen molar-refractivity contribution in [2.24, 2.45) is 0 Å². The van der Waals surface area contributed by atoms with Gasteiger partial charge in [-0.15, -0.1) is 11.3 Å². The zero-order valence-electron chi connectivity index (χ0n) is 11.9. The molecule has 0 aliphatic carbocycles. The average Bonchev–Trinajstić information content (AvgIpc) is 2.97. The molecule has 1 aromatic heterocycles. The molecule has 2 N–H and O–H groups in total. The number of rotatable bonds is 4. The van der Waals surface area contributed by atoms with Crippen LogP contribution in [0.25, 0.3) is 0 Å². The van der Waals surface area contributed by atoms with Gasteiger partial charge < -0.3 is 10.6 Å². The summed E-state index contributed by atoms with van der Waals surface area (Å²) in [5.41, 5.74) is 3.15. The third-order valence-electron chi connectivity index (χ3n) is 3.78. The quantitative estimate of drug-likeness (QED) is 0.852. The molecule has 2 heterocycles. The molecule has 2 aromatic rings. The summed E-state index contributed by atoms with van der Waals surface area (Å²) in [6.07, 6.45) is 0. The fourth-order valence-corrected chi connectivity index (χ4v) is 3.14.